The molecule has 2 saturated heterocycles. The summed E-state index contributed by atoms with van der Waals surface area (Å²) >= 11 is 0. The third-order valence-corrected chi connectivity index (χ3v) is 7.68. The Hall–Kier alpha value is -2.38. The van der Waals surface area contributed by atoms with Gasteiger partial charge in [0.1, 0.15) is 0 Å². The van der Waals surface area contributed by atoms with Gasteiger partial charge in [0.15, 0.2) is 0 Å². The lowest BCUT2D eigenvalue weighted by atomic mass is 9.90. The van der Waals surface area contributed by atoms with Gasteiger partial charge >= 0.3 is 0 Å². The van der Waals surface area contributed by atoms with Crippen molar-refractivity contribution in [3.63, 3.8) is 0 Å². The predicted molar refractivity (Wildman–Crippen MR) is 123 cm³/mol. The molecule has 0 spiro atoms. The van der Waals surface area contributed by atoms with E-state index < -0.39 is 0 Å². The Bertz CT molecular complexity index is 998. The number of hydrogen-bond donors (Lipinski definition) is 2. The molecule has 3 fully saturated rings. The first kappa shape index (κ1) is 21.5. The summed E-state index contributed by atoms with van der Waals surface area (Å²) in [6.07, 6.45) is 8.33. The molecule has 7 heteroatoms. The van der Waals surface area contributed by atoms with Crippen molar-refractivity contribution in [1.82, 2.24) is 20.1 Å². The molecule has 1 saturated carbocycles. The summed E-state index contributed by atoms with van der Waals surface area (Å²) in [6.45, 7) is 1.78. The maximum Gasteiger partial charge on any atom is 0.253 e. The van der Waals surface area contributed by atoms with Gasteiger partial charge in [-0.1, -0.05) is 18.2 Å². The fourth-order valence-electron chi connectivity index (χ4n) is 5.90. The molecule has 2 aliphatic heterocycles. The molecular weight excluding hydrogens is 404 g/mol. The summed E-state index contributed by atoms with van der Waals surface area (Å²) in [7, 11) is 3.67. The Morgan fingerprint density at radius 1 is 1.16 bits per heavy atom. The van der Waals surface area contributed by atoms with Crippen molar-refractivity contribution in [3.05, 3.63) is 36.0 Å². The summed E-state index contributed by atoms with van der Waals surface area (Å²) in [5.74, 6) is 0.594. The Morgan fingerprint density at radius 3 is 2.56 bits per heavy atom. The summed E-state index contributed by atoms with van der Waals surface area (Å²) in [5.41, 5.74) is 1.70. The molecule has 7 nitrogen and oxygen atoms in total. The maximum absolute atomic E-state index is 12.9. The number of amides is 2. The fourth-order valence-corrected chi connectivity index (χ4v) is 5.90. The lowest BCUT2D eigenvalue weighted by Gasteiger charge is -2.38. The quantitative estimate of drug-likeness (QED) is 0.664. The van der Waals surface area contributed by atoms with Crippen molar-refractivity contribution < 1.29 is 14.3 Å². The predicted octanol–water partition coefficient (Wildman–Crippen LogP) is 2.45. The number of carbonyl (C=O) groups excluding carboxylic acids is 2. The lowest BCUT2D eigenvalue weighted by molar-refractivity contribution is -0.125. The van der Waals surface area contributed by atoms with E-state index in [9.17, 15) is 9.59 Å². The van der Waals surface area contributed by atoms with E-state index in [1.807, 2.05) is 42.1 Å². The Kier molecular flexibility index (Phi) is 5.72. The number of methoxy groups -OCH3 is 1. The number of ether oxygens (including phenoxy) is 1. The zero-order valence-electron chi connectivity index (χ0n) is 19.1. The number of aromatic nitrogens is 1. The van der Waals surface area contributed by atoms with E-state index in [1.165, 1.54) is 0 Å². The standard InChI is InChI=1S/C25H34N4O3/c1-28-14-21(20-5-3-4-6-22(20)28)24(31)26-13-17-11-18-7-8-19(12-17)29(18)15-23(30)27-25(9-10-25)16-32-2/h3-6,14,17-19H,7-13,15-16H2,1-2H3,(H,26,31)(H,27,30)/t17?,18-,19+. The van der Waals surface area contributed by atoms with Gasteiger partial charge in [0.2, 0.25) is 5.91 Å². The molecule has 1 aliphatic carbocycles. The highest BCUT2D eigenvalue weighted by molar-refractivity contribution is 6.06. The van der Waals surface area contributed by atoms with E-state index >= 15 is 0 Å². The minimum absolute atomic E-state index is 0.00355. The van der Waals surface area contributed by atoms with Crippen molar-refractivity contribution in [2.75, 3.05) is 26.8 Å². The fraction of sp³-hybridized carbons (Fsp3) is 0.600. The molecule has 1 aromatic carbocycles. The van der Waals surface area contributed by atoms with Gasteiger partial charge < -0.3 is 19.9 Å². The zero-order valence-corrected chi connectivity index (χ0v) is 19.1. The maximum atomic E-state index is 12.9. The van der Waals surface area contributed by atoms with Crippen LogP contribution in [0.2, 0.25) is 0 Å². The van der Waals surface area contributed by atoms with Gasteiger partial charge in [0.25, 0.3) is 5.91 Å². The zero-order chi connectivity index (χ0) is 22.3. The molecule has 2 amide bonds. The van der Waals surface area contributed by atoms with Crippen LogP contribution in [0.15, 0.2) is 30.5 Å². The first-order valence-corrected chi connectivity index (χ1v) is 11.9. The number of para-hydroxylation sites is 1. The van der Waals surface area contributed by atoms with Gasteiger partial charge in [-0.2, -0.15) is 0 Å². The van der Waals surface area contributed by atoms with Crippen molar-refractivity contribution in [2.45, 2.75) is 56.1 Å². The molecule has 3 aliphatic rings. The number of fused-ring (bicyclic) bond motifs is 3. The number of nitrogens with zero attached hydrogens (tertiary/aromatic N) is 2. The molecule has 3 atom stereocenters. The van der Waals surface area contributed by atoms with E-state index in [2.05, 4.69) is 15.5 Å². The summed E-state index contributed by atoms with van der Waals surface area (Å²) in [4.78, 5) is 28.0. The first-order valence-electron chi connectivity index (χ1n) is 11.9. The van der Waals surface area contributed by atoms with Crippen molar-refractivity contribution >= 4 is 22.7 Å². The second-order valence-electron chi connectivity index (χ2n) is 10.0. The molecule has 0 radical (unpaired) electrons. The van der Waals surface area contributed by atoms with Crippen LogP contribution in [0.3, 0.4) is 0 Å². The largest absolute Gasteiger partial charge is 0.382 e. The third-order valence-electron chi connectivity index (χ3n) is 7.68. The Labute approximate surface area is 189 Å². The smallest absolute Gasteiger partial charge is 0.253 e. The summed E-state index contributed by atoms with van der Waals surface area (Å²) in [5, 5.41) is 7.39. The van der Waals surface area contributed by atoms with Gasteiger partial charge in [-0.05, 0) is 50.5 Å². The van der Waals surface area contributed by atoms with Gasteiger partial charge in [-0.3, -0.25) is 14.5 Å². The molecule has 1 unspecified atom stereocenters. The molecule has 2 bridgehead atoms. The molecule has 2 N–H and O–H groups in total. The van der Waals surface area contributed by atoms with Crippen LogP contribution in [-0.2, 0) is 16.6 Å². The highest BCUT2D eigenvalue weighted by atomic mass is 16.5. The first-order chi connectivity index (χ1) is 15.5. The third kappa shape index (κ3) is 4.16. The number of carbonyl (C=O) groups is 2. The second kappa shape index (κ2) is 8.52. The van der Waals surface area contributed by atoms with Gasteiger partial charge in [-0.15, -0.1) is 0 Å². The van der Waals surface area contributed by atoms with E-state index in [0.717, 1.165) is 55.0 Å². The van der Waals surface area contributed by atoms with Crippen molar-refractivity contribution in [3.8, 4) is 0 Å². The summed E-state index contributed by atoms with van der Waals surface area (Å²) in [6, 6.07) is 8.90. The van der Waals surface area contributed by atoms with Crippen LogP contribution in [0.4, 0.5) is 0 Å². The number of piperidine rings is 1. The van der Waals surface area contributed by atoms with Gasteiger partial charge in [0, 0.05) is 49.9 Å². The molecule has 5 rings (SSSR count). The Balaban J connectivity index is 1.14. The number of aryl methyl sites for hydroxylation is 1. The van der Waals surface area contributed by atoms with E-state index in [-0.39, 0.29) is 17.4 Å². The van der Waals surface area contributed by atoms with E-state index in [1.54, 1.807) is 7.11 Å². The highest BCUT2D eigenvalue weighted by Crippen LogP contribution is 2.39. The molecule has 3 heterocycles. The number of benzene rings is 1. The topological polar surface area (TPSA) is 75.6 Å². The van der Waals surface area contributed by atoms with Crippen LogP contribution in [-0.4, -0.2) is 65.7 Å². The minimum atomic E-state index is -0.116. The van der Waals surface area contributed by atoms with Crippen molar-refractivity contribution in [1.29, 1.82) is 0 Å². The SMILES string of the molecule is COCC1(NC(=O)CN2[C@@H]3CC[C@H]2CC(CNC(=O)c2cn(C)c4ccccc24)C3)CC1. The van der Waals surface area contributed by atoms with Gasteiger partial charge in [0.05, 0.1) is 24.3 Å². The van der Waals surface area contributed by atoms with E-state index in [0.29, 0.717) is 37.7 Å². The van der Waals surface area contributed by atoms with E-state index in [4.69, 9.17) is 4.74 Å². The Morgan fingerprint density at radius 2 is 1.88 bits per heavy atom. The number of rotatable bonds is 8. The summed E-state index contributed by atoms with van der Waals surface area (Å²) < 4.78 is 7.27. The number of nitrogens with one attached hydrogen (secondary N) is 2. The van der Waals surface area contributed by atoms with Crippen LogP contribution in [0.5, 0.6) is 0 Å². The van der Waals surface area contributed by atoms with Crippen LogP contribution < -0.4 is 10.6 Å². The minimum Gasteiger partial charge on any atom is -0.382 e. The van der Waals surface area contributed by atoms with Crippen LogP contribution >= 0.6 is 0 Å². The number of hydrogen-bond acceptors (Lipinski definition) is 4. The van der Waals surface area contributed by atoms with Crippen LogP contribution in [0.25, 0.3) is 10.9 Å². The molecular formula is C25H34N4O3. The second-order valence-corrected chi connectivity index (χ2v) is 10.0. The monoisotopic (exact) mass is 438 g/mol. The molecule has 1 aromatic heterocycles. The van der Waals surface area contributed by atoms with Crippen molar-refractivity contribution in [2.24, 2.45) is 13.0 Å². The molecule has 32 heavy (non-hydrogen) atoms. The average molecular weight is 439 g/mol. The van der Waals surface area contributed by atoms with Crippen LogP contribution in [0, 0.1) is 5.92 Å². The highest BCUT2D eigenvalue weighted by Gasteiger charge is 2.46. The normalized spacial score (nSPS) is 26.2. The molecule has 172 valence electrons. The lowest BCUT2D eigenvalue weighted by Crippen LogP contribution is -2.51. The van der Waals surface area contributed by atoms with Crippen LogP contribution in [0.1, 0.15) is 48.9 Å². The average Bonchev–Trinajstić information content (AvgIpc) is 3.39. The van der Waals surface area contributed by atoms with Gasteiger partial charge in [-0.25, -0.2) is 0 Å². The molecule has 2 aromatic rings.